The maximum absolute atomic E-state index is 13.6. The van der Waals surface area contributed by atoms with Gasteiger partial charge in [-0.1, -0.05) is 54.5 Å². The molecule has 184 valence electrons. The van der Waals surface area contributed by atoms with Crippen molar-refractivity contribution in [3.05, 3.63) is 27.1 Å². The van der Waals surface area contributed by atoms with Gasteiger partial charge in [0.1, 0.15) is 0 Å². The molecule has 2 aliphatic carbocycles. The first kappa shape index (κ1) is 25.1. The first-order valence-electron chi connectivity index (χ1n) is 12.0. The molecular formula is C25H31BrN2O5S. The van der Waals surface area contributed by atoms with Crippen molar-refractivity contribution in [2.45, 2.75) is 76.3 Å². The smallest absolute Gasteiger partial charge is 0.341 e. The summed E-state index contributed by atoms with van der Waals surface area (Å²) in [6.45, 7) is -0.463. The van der Waals surface area contributed by atoms with Gasteiger partial charge in [-0.3, -0.25) is 14.7 Å². The number of ether oxygens (including phenoxy) is 2. The van der Waals surface area contributed by atoms with E-state index in [1.54, 1.807) is 12.1 Å². The van der Waals surface area contributed by atoms with E-state index in [-0.39, 0.29) is 11.9 Å². The van der Waals surface area contributed by atoms with Crippen LogP contribution in [0.3, 0.4) is 0 Å². The van der Waals surface area contributed by atoms with Gasteiger partial charge in [-0.25, -0.2) is 4.79 Å². The number of hydrogen-bond donors (Lipinski definition) is 1. The molecule has 34 heavy (non-hydrogen) atoms. The van der Waals surface area contributed by atoms with Crippen LogP contribution in [0.2, 0.25) is 0 Å². The lowest BCUT2D eigenvalue weighted by Gasteiger charge is -2.31. The highest BCUT2D eigenvalue weighted by Gasteiger charge is 2.39. The number of amides is 1. The molecule has 0 atom stereocenters. The van der Waals surface area contributed by atoms with Gasteiger partial charge in [-0.05, 0) is 61.2 Å². The molecule has 1 saturated heterocycles. The van der Waals surface area contributed by atoms with Crippen molar-refractivity contribution in [2.24, 2.45) is 4.99 Å². The summed E-state index contributed by atoms with van der Waals surface area (Å²) in [6.07, 6.45) is 13.3. The van der Waals surface area contributed by atoms with Crippen LogP contribution in [0.5, 0.6) is 11.5 Å². The number of carboxylic acid groups (broad SMARTS) is 1. The summed E-state index contributed by atoms with van der Waals surface area (Å²) in [4.78, 5) is 32.1. The molecule has 9 heteroatoms. The molecule has 4 rings (SSSR count). The van der Waals surface area contributed by atoms with Crippen molar-refractivity contribution in [1.29, 1.82) is 0 Å². The Hall–Kier alpha value is -2.00. The van der Waals surface area contributed by atoms with E-state index in [1.165, 1.54) is 44.6 Å². The number of halogens is 1. The molecule has 1 amide bonds. The highest BCUT2D eigenvalue weighted by molar-refractivity contribution is 9.10. The van der Waals surface area contributed by atoms with Crippen LogP contribution in [-0.4, -0.2) is 52.9 Å². The van der Waals surface area contributed by atoms with E-state index in [4.69, 9.17) is 19.6 Å². The van der Waals surface area contributed by atoms with E-state index in [1.807, 2.05) is 11.0 Å². The Balaban J connectivity index is 1.64. The molecular weight excluding hydrogens is 520 g/mol. The molecule has 1 aromatic carbocycles. The molecule has 1 heterocycles. The largest absolute Gasteiger partial charge is 0.493 e. The quantitative estimate of drug-likeness (QED) is 0.428. The van der Waals surface area contributed by atoms with E-state index >= 15 is 0 Å². The number of rotatable bonds is 7. The predicted octanol–water partition coefficient (Wildman–Crippen LogP) is 5.86. The molecule has 1 aliphatic heterocycles. The summed E-state index contributed by atoms with van der Waals surface area (Å²) in [6, 6.07) is 3.94. The Kier molecular flexibility index (Phi) is 8.58. The van der Waals surface area contributed by atoms with Gasteiger partial charge in [0, 0.05) is 10.5 Å². The second-order valence-electron chi connectivity index (χ2n) is 8.99. The Morgan fingerprint density at radius 2 is 1.82 bits per heavy atom. The highest BCUT2D eigenvalue weighted by Crippen LogP contribution is 2.41. The molecule has 1 aromatic rings. The van der Waals surface area contributed by atoms with Crippen LogP contribution in [0.4, 0.5) is 0 Å². The van der Waals surface area contributed by atoms with Crippen molar-refractivity contribution in [1.82, 2.24) is 4.90 Å². The second kappa shape index (κ2) is 11.6. The minimum atomic E-state index is -1.06. The summed E-state index contributed by atoms with van der Waals surface area (Å²) >= 11 is 5.01. The average Bonchev–Trinajstić information content (AvgIpc) is 3.14. The third kappa shape index (κ3) is 5.97. The molecule has 0 radical (unpaired) electrons. The Bertz CT molecular complexity index is 984. The van der Waals surface area contributed by atoms with Gasteiger partial charge in [0.25, 0.3) is 5.91 Å². The first-order chi connectivity index (χ1) is 16.5. The minimum absolute atomic E-state index is 0.0172. The molecule has 0 spiro atoms. The van der Waals surface area contributed by atoms with Crippen LogP contribution in [0.25, 0.3) is 6.08 Å². The normalized spacial score (nSPS) is 22.5. The zero-order valence-electron chi connectivity index (χ0n) is 19.4. The van der Waals surface area contributed by atoms with E-state index in [0.29, 0.717) is 26.9 Å². The highest BCUT2D eigenvalue weighted by atomic mass is 79.9. The number of thioether (sulfide) groups is 1. The van der Waals surface area contributed by atoms with Crippen LogP contribution >= 0.6 is 27.7 Å². The van der Waals surface area contributed by atoms with Crippen molar-refractivity contribution in [3.8, 4) is 11.5 Å². The fourth-order valence-electron chi connectivity index (χ4n) is 4.82. The van der Waals surface area contributed by atoms with Crippen molar-refractivity contribution in [3.63, 3.8) is 0 Å². The average molecular weight is 552 g/mol. The number of aliphatic imine (C=N–C) groups is 1. The number of hydrogen-bond acceptors (Lipinski definition) is 6. The number of methoxy groups -OCH3 is 1. The third-order valence-corrected chi connectivity index (χ3v) is 8.25. The van der Waals surface area contributed by atoms with Gasteiger partial charge < -0.3 is 14.6 Å². The SMILES string of the molecule is COc1cc(C=C2SC(=NC3CCCCC3)N(C3CCCCC3)C2=O)c(Br)cc1OCC(=O)O. The fraction of sp³-hybridized carbons (Fsp3) is 0.560. The number of carbonyl (C=O) groups is 2. The number of benzene rings is 1. The Labute approximate surface area is 213 Å². The summed E-state index contributed by atoms with van der Waals surface area (Å²) in [5.74, 6) is -0.312. The van der Waals surface area contributed by atoms with Crippen LogP contribution in [0.1, 0.15) is 69.8 Å². The maximum Gasteiger partial charge on any atom is 0.341 e. The van der Waals surface area contributed by atoms with Crippen LogP contribution in [0.15, 0.2) is 26.5 Å². The maximum atomic E-state index is 13.6. The summed E-state index contributed by atoms with van der Waals surface area (Å²) in [5, 5.41) is 9.76. The van der Waals surface area contributed by atoms with Crippen LogP contribution in [-0.2, 0) is 9.59 Å². The van der Waals surface area contributed by atoms with Gasteiger partial charge in [0.05, 0.1) is 18.1 Å². The first-order valence-corrected chi connectivity index (χ1v) is 13.6. The number of nitrogens with zero attached hydrogens (tertiary/aromatic N) is 2. The summed E-state index contributed by atoms with van der Waals surface area (Å²) in [5.41, 5.74) is 0.762. The van der Waals surface area contributed by atoms with E-state index in [0.717, 1.165) is 49.3 Å². The minimum Gasteiger partial charge on any atom is -0.493 e. The number of carbonyl (C=O) groups excluding carboxylic acids is 1. The number of amidine groups is 1. The monoisotopic (exact) mass is 550 g/mol. The molecule has 2 saturated carbocycles. The molecule has 7 nitrogen and oxygen atoms in total. The number of carboxylic acids is 1. The lowest BCUT2D eigenvalue weighted by molar-refractivity contribution is -0.139. The Morgan fingerprint density at radius 3 is 2.47 bits per heavy atom. The molecule has 0 aromatic heterocycles. The van der Waals surface area contributed by atoms with Gasteiger partial charge in [-0.2, -0.15) is 0 Å². The third-order valence-electron chi connectivity index (χ3n) is 6.57. The molecule has 3 fully saturated rings. The van der Waals surface area contributed by atoms with Gasteiger partial charge in [0.15, 0.2) is 23.3 Å². The van der Waals surface area contributed by atoms with Gasteiger partial charge in [-0.15, -0.1) is 0 Å². The lowest BCUT2D eigenvalue weighted by Crippen LogP contribution is -2.41. The van der Waals surface area contributed by atoms with Gasteiger partial charge in [0.2, 0.25) is 0 Å². The van der Waals surface area contributed by atoms with Crippen molar-refractivity contribution >= 4 is 50.8 Å². The van der Waals surface area contributed by atoms with E-state index < -0.39 is 12.6 Å². The van der Waals surface area contributed by atoms with E-state index in [9.17, 15) is 9.59 Å². The zero-order chi connectivity index (χ0) is 24.1. The topological polar surface area (TPSA) is 88.4 Å². The predicted molar refractivity (Wildman–Crippen MR) is 137 cm³/mol. The molecule has 1 N–H and O–H groups in total. The van der Waals surface area contributed by atoms with Crippen molar-refractivity contribution in [2.75, 3.05) is 13.7 Å². The summed E-state index contributed by atoms with van der Waals surface area (Å²) in [7, 11) is 1.50. The van der Waals surface area contributed by atoms with Crippen LogP contribution in [0, 0.1) is 0 Å². The summed E-state index contributed by atoms with van der Waals surface area (Å²) < 4.78 is 11.4. The fourth-order valence-corrected chi connectivity index (χ4v) is 6.36. The molecule has 0 bridgehead atoms. The Morgan fingerprint density at radius 1 is 1.15 bits per heavy atom. The molecule has 3 aliphatic rings. The number of aliphatic carboxylic acids is 1. The lowest BCUT2D eigenvalue weighted by atomic mass is 9.94. The van der Waals surface area contributed by atoms with Crippen LogP contribution < -0.4 is 9.47 Å². The standard InChI is InChI=1S/C25H31BrN2O5S/c1-32-20-12-16(19(26)14-21(20)33-15-23(29)30)13-22-24(31)28(18-10-6-3-7-11-18)25(34-22)27-17-8-4-2-5-9-17/h12-14,17-18H,2-11,15H2,1H3,(H,29,30). The van der Waals surface area contributed by atoms with E-state index in [2.05, 4.69) is 15.9 Å². The van der Waals surface area contributed by atoms with Gasteiger partial charge >= 0.3 is 5.97 Å². The second-order valence-corrected chi connectivity index (χ2v) is 10.9. The van der Waals surface area contributed by atoms with Crippen molar-refractivity contribution < 1.29 is 24.2 Å². The zero-order valence-corrected chi connectivity index (χ0v) is 21.8. The molecule has 0 unspecified atom stereocenters.